The van der Waals surface area contributed by atoms with Gasteiger partial charge in [-0.25, -0.2) is 0 Å². The van der Waals surface area contributed by atoms with Crippen LogP contribution in [-0.4, -0.2) is 18.7 Å². The summed E-state index contributed by atoms with van der Waals surface area (Å²) in [5.41, 5.74) is 0.424. The molecular formula is C12H11ClO3. The van der Waals surface area contributed by atoms with Crippen LogP contribution in [0.2, 0.25) is 5.02 Å². The van der Waals surface area contributed by atoms with E-state index >= 15 is 0 Å². The Morgan fingerprint density at radius 2 is 1.81 bits per heavy atom. The lowest BCUT2D eigenvalue weighted by Crippen LogP contribution is -2.10. The summed E-state index contributed by atoms with van der Waals surface area (Å²) in [5, 5.41) is 0.539. The van der Waals surface area contributed by atoms with Crippen LogP contribution in [0, 0.1) is 0 Å². The summed E-state index contributed by atoms with van der Waals surface area (Å²) in [6, 6.07) is 6.33. The molecule has 1 aromatic rings. The largest absolute Gasteiger partial charge is 0.503 e. The lowest BCUT2D eigenvalue weighted by atomic mass is 10.0. The minimum atomic E-state index is -0.369. The van der Waals surface area contributed by atoms with Crippen LogP contribution >= 0.6 is 11.6 Å². The van der Waals surface area contributed by atoms with Gasteiger partial charge in [0.05, 0.1) is 18.9 Å². The van der Waals surface area contributed by atoms with Gasteiger partial charge in [-0.3, -0.25) is 9.59 Å². The van der Waals surface area contributed by atoms with Gasteiger partial charge in [0.2, 0.25) is 0 Å². The summed E-state index contributed by atoms with van der Waals surface area (Å²) in [5.74, 6) is -0.701. The number of hydrogen-bond acceptors (Lipinski definition) is 3. The van der Waals surface area contributed by atoms with Crippen LogP contribution in [0.15, 0.2) is 36.1 Å². The highest BCUT2D eigenvalue weighted by molar-refractivity contribution is 6.31. The van der Waals surface area contributed by atoms with E-state index in [1.165, 1.54) is 14.0 Å². The van der Waals surface area contributed by atoms with Gasteiger partial charge in [0.15, 0.2) is 11.6 Å². The number of ether oxygens (including phenoxy) is 1. The fraction of sp³-hybridized carbons (Fsp3) is 0.167. The third-order valence-electron chi connectivity index (χ3n) is 1.97. The number of rotatable bonds is 4. The van der Waals surface area contributed by atoms with E-state index in [1.807, 2.05) is 0 Å². The maximum absolute atomic E-state index is 11.9. The molecule has 0 aliphatic carbocycles. The van der Waals surface area contributed by atoms with Gasteiger partial charge in [-0.2, -0.15) is 0 Å². The minimum absolute atomic E-state index is 0.0184. The second kappa shape index (κ2) is 5.47. The van der Waals surface area contributed by atoms with Gasteiger partial charge in [-0.15, -0.1) is 0 Å². The lowest BCUT2D eigenvalue weighted by Gasteiger charge is -2.02. The molecule has 0 saturated heterocycles. The Labute approximate surface area is 98.7 Å². The molecular weight excluding hydrogens is 228 g/mol. The predicted molar refractivity (Wildman–Crippen MR) is 61.6 cm³/mol. The zero-order valence-electron chi connectivity index (χ0n) is 8.99. The molecule has 0 heterocycles. The molecule has 4 heteroatoms. The molecule has 0 fully saturated rings. The molecule has 0 atom stereocenters. The van der Waals surface area contributed by atoms with Gasteiger partial charge in [-0.05, 0) is 31.2 Å². The van der Waals surface area contributed by atoms with Crippen LogP contribution < -0.4 is 0 Å². The molecule has 3 nitrogen and oxygen atoms in total. The first kappa shape index (κ1) is 12.5. The van der Waals surface area contributed by atoms with Gasteiger partial charge >= 0.3 is 0 Å². The van der Waals surface area contributed by atoms with E-state index in [1.54, 1.807) is 24.3 Å². The summed E-state index contributed by atoms with van der Waals surface area (Å²) in [7, 11) is 1.39. The molecule has 0 aromatic heterocycles. The van der Waals surface area contributed by atoms with Crippen molar-refractivity contribution in [3.63, 3.8) is 0 Å². The van der Waals surface area contributed by atoms with Crippen molar-refractivity contribution >= 4 is 23.2 Å². The average Bonchev–Trinajstić information content (AvgIpc) is 2.25. The Hall–Kier alpha value is -1.61. The van der Waals surface area contributed by atoms with Crippen LogP contribution in [0.3, 0.4) is 0 Å². The fourth-order valence-electron chi connectivity index (χ4n) is 1.17. The van der Waals surface area contributed by atoms with Gasteiger partial charge in [0, 0.05) is 10.6 Å². The highest BCUT2D eigenvalue weighted by atomic mass is 35.5. The number of halogens is 1. The quantitative estimate of drug-likeness (QED) is 0.266. The van der Waals surface area contributed by atoms with Crippen molar-refractivity contribution in [1.82, 2.24) is 0 Å². The maximum atomic E-state index is 11.9. The second-order valence-corrected chi connectivity index (χ2v) is 3.60. The molecule has 0 radical (unpaired) electrons. The summed E-state index contributed by atoms with van der Waals surface area (Å²) in [6.07, 6.45) is 1.15. The van der Waals surface area contributed by atoms with Crippen molar-refractivity contribution in [2.75, 3.05) is 7.11 Å². The molecule has 0 bridgehead atoms. The molecule has 0 spiro atoms. The minimum Gasteiger partial charge on any atom is -0.503 e. The van der Waals surface area contributed by atoms with Gasteiger partial charge in [0.1, 0.15) is 0 Å². The summed E-state index contributed by atoms with van der Waals surface area (Å²) < 4.78 is 4.70. The van der Waals surface area contributed by atoms with E-state index in [0.29, 0.717) is 10.6 Å². The van der Waals surface area contributed by atoms with E-state index in [4.69, 9.17) is 16.3 Å². The Balaban J connectivity index is 3.05. The first-order valence-electron chi connectivity index (χ1n) is 4.60. The Bertz CT molecular complexity index is 432. The highest BCUT2D eigenvalue weighted by Crippen LogP contribution is 2.13. The normalized spacial score (nSPS) is 11.1. The Morgan fingerprint density at radius 3 is 2.25 bits per heavy atom. The molecule has 0 aliphatic heterocycles. The summed E-state index contributed by atoms with van der Waals surface area (Å²) in [6.45, 7) is 1.32. The van der Waals surface area contributed by atoms with Gasteiger partial charge < -0.3 is 4.74 Å². The molecule has 1 aromatic carbocycles. The van der Waals surface area contributed by atoms with Crippen molar-refractivity contribution < 1.29 is 14.3 Å². The second-order valence-electron chi connectivity index (χ2n) is 3.16. The molecule has 1 rings (SSSR count). The van der Waals surface area contributed by atoms with Crippen LogP contribution in [0.1, 0.15) is 17.3 Å². The number of benzene rings is 1. The van der Waals surface area contributed by atoms with Gasteiger partial charge in [0.25, 0.3) is 0 Å². The van der Waals surface area contributed by atoms with E-state index < -0.39 is 0 Å². The molecule has 0 amide bonds. The topological polar surface area (TPSA) is 43.4 Å². The SMILES string of the molecule is CO/C=C(\C(C)=O)C(=O)c1ccc(Cl)cc1. The monoisotopic (exact) mass is 238 g/mol. The van der Waals surface area contributed by atoms with E-state index in [0.717, 1.165) is 6.26 Å². The van der Waals surface area contributed by atoms with Crippen LogP contribution in [0.25, 0.3) is 0 Å². The van der Waals surface area contributed by atoms with Crippen LogP contribution in [-0.2, 0) is 9.53 Å². The summed E-state index contributed by atoms with van der Waals surface area (Å²) >= 11 is 5.70. The van der Waals surface area contributed by atoms with E-state index in [-0.39, 0.29) is 17.1 Å². The van der Waals surface area contributed by atoms with Crippen LogP contribution in [0.5, 0.6) is 0 Å². The number of hydrogen-bond donors (Lipinski definition) is 0. The van der Waals surface area contributed by atoms with Crippen molar-refractivity contribution in [3.05, 3.63) is 46.7 Å². The molecule has 16 heavy (non-hydrogen) atoms. The maximum Gasteiger partial charge on any atom is 0.199 e. The number of allylic oxidation sites excluding steroid dienone is 1. The Morgan fingerprint density at radius 1 is 1.25 bits per heavy atom. The third-order valence-corrected chi connectivity index (χ3v) is 2.22. The van der Waals surface area contributed by atoms with Gasteiger partial charge in [-0.1, -0.05) is 11.6 Å². The predicted octanol–water partition coefficient (Wildman–Crippen LogP) is 2.64. The Kier molecular flexibility index (Phi) is 4.26. The first-order valence-corrected chi connectivity index (χ1v) is 4.98. The number of carbonyl (C=O) groups is 2. The van der Waals surface area contributed by atoms with E-state index in [2.05, 4.69) is 0 Å². The van der Waals surface area contributed by atoms with Crippen LogP contribution in [0.4, 0.5) is 0 Å². The average molecular weight is 239 g/mol. The molecule has 0 saturated carbocycles. The molecule has 84 valence electrons. The first-order chi connectivity index (χ1) is 7.56. The number of carbonyl (C=O) groups excluding carboxylic acids is 2. The zero-order valence-corrected chi connectivity index (χ0v) is 9.75. The number of methoxy groups -OCH3 is 1. The number of ketones is 2. The fourth-order valence-corrected chi connectivity index (χ4v) is 1.30. The molecule has 0 N–H and O–H groups in total. The zero-order chi connectivity index (χ0) is 12.1. The van der Waals surface area contributed by atoms with Crippen molar-refractivity contribution in [2.45, 2.75) is 6.92 Å². The molecule has 0 aliphatic rings. The smallest absolute Gasteiger partial charge is 0.199 e. The standard InChI is InChI=1S/C12H11ClO3/c1-8(14)11(7-16-2)12(15)9-3-5-10(13)6-4-9/h3-7H,1-2H3/b11-7+. The van der Waals surface area contributed by atoms with Crippen molar-refractivity contribution in [2.24, 2.45) is 0 Å². The third kappa shape index (κ3) is 2.94. The molecule has 0 unspecified atom stereocenters. The highest BCUT2D eigenvalue weighted by Gasteiger charge is 2.16. The van der Waals surface area contributed by atoms with Crippen molar-refractivity contribution in [3.8, 4) is 0 Å². The van der Waals surface area contributed by atoms with Crippen molar-refractivity contribution in [1.29, 1.82) is 0 Å². The number of Topliss-reactive ketones (excluding diaryl/α,β-unsaturated/α-hetero) is 2. The van der Waals surface area contributed by atoms with E-state index in [9.17, 15) is 9.59 Å². The lowest BCUT2D eigenvalue weighted by molar-refractivity contribution is -0.113. The summed E-state index contributed by atoms with van der Waals surface area (Å²) in [4.78, 5) is 23.1.